The zero-order valence-corrected chi connectivity index (χ0v) is 16.6. The molecule has 1 aliphatic carbocycles. The van der Waals surface area contributed by atoms with Gasteiger partial charge in [-0.2, -0.15) is 5.10 Å². The van der Waals surface area contributed by atoms with Crippen molar-refractivity contribution in [2.75, 3.05) is 0 Å². The molecular formula is C21H26ClN3O2. The van der Waals surface area contributed by atoms with Crippen molar-refractivity contribution in [3.05, 3.63) is 51.8 Å². The van der Waals surface area contributed by atoms with E-state index >= 15 is 0 Å². The summed E-state index contributed by atoms with van der Waals surface area (Å²) in [6.45, 7) is 4.72. The Labute approximate surface area is 164 Å². The summed E-state index contributed by atoms with van der Waals surface area (Å²) in [6.07, 6.45) is 3.65. The van der Waals surface area contributed by atoms with Crippen molar-refractivity contribution < 1.29 is 4.79 Å². The smallest absolute Gasteiger partial charge is 0.266 e. The second kappa shape index (κ2) is 8.70. The van der Waals surface area contributed by atoms with Gasteiger partial charge in [-0.3, -0.25) is 9.59 Å². The number of nitrogens with zero attached hydrogens (tertiary/aromatic N) is 2. The Morgan fingerprint density at radius 3 is 2.67 bits per heavy atom. The van der Waals surface area contributed by atoms with Gasteiger partial charge in [0, 0.05) is 29.1 Å². The molecule has 0 aliphatic heterocycles. The van der Waals surface area contributed by atoms with E-state index in [1.54, 1.807) is 18.2 Å². The normalized spacial score (nSPS) is 22.4. The van der Waals surface area contributed by atoms with Crippen molar-refractivity contribution in [1.29, 1.82) is 0 Å². The molecule has 5 nitrogen and oxygen atoms in total. The molecule has 144 valence electrons. The Bertz CT molecular complexity index is 847. The van der Waals surface area contributed by atoms with Crippen LogP contribution in [0.4, 0.5) is 0 Å². The number of hydrogen-bond donors (Lipinski definition) is 1. The maximum Gasteiger partial charge on any atom is 0.266 e. The number of aromatic nitrogens is 2. The molecule has 2 aromatic rings. The van der Waals surface area contributed by atoms with Crippen molar-refractivity contribution >= 4 is 17.5 Å². The molecule has 0 unspecified atom stereocenters. The summed E-state index contributed by atoms with van der Waals surface area (Å²) < 4.78 is 1.36. The molecule has 27 heavy (non-hydrogen) atoms. The van der Waals surface area contributed by atoms with Gasteiger partial charge in [0.15, 0.2) is 0 Å². The highest BCUT2D eigenvalue weighted by atomic mass is 35.5. The van der Waals surface area contributed by atoms with Gasteiger partial charge < -0.3 is 5.32 Å². The zero-order chi connectivity index (χ0) is 19.4. The van der Waals surface area contributed by atoms with E-state index in [1.165, 1.54) is 17.2 Å². The minimum atomic E-state index is -0.208. The van der Waals surface area contributed by atoms with Crippen LogP contribution in [0, 0.1) is 11.8 Å². The summed E-state index contributed by atoms with van der Waals surface area (Å²) in [5, 5.41) is 8.19. The fourth-order valence-corrected chi connectivity index (χ4v) is 3.78. The third kappa shape index (κ3) is 4.98. The Balaban J connectivity index is 1.63. The van der Waals surface area contributed by atoms with Gasteiger partial charge in [-0.25, -0.2) is 4.68 Å². The molecule has 1 aliphatic rings. The summed E-state index contributed by atoms with van der Waals surface area (Å²) in [4.78, 5) is 24.5. The van der Waals surface area contributed by atoms with Crippen molar-refractivity contribution in [2.45, 2.75) is 52.1 Å². The third-order valence-corrected chi connectivity index (χ3v) is 5.86. The molecule has 6 heteroatoms. The van der Waals surface area contributed by atoms with Crippen LogP contribution in [0.15, 0.2) is 41.2 Å². The minimum absolute atomic E-state index is 0.0217. The Hall–Kier alpha value is -2.14. The molecule has 0 saturated heterocycles. The van der Waals surface area contributed by atoms with Crippen LogP contribution in [0.3, 0.4) is 0 Å². The quantitative estimate of drug-likeness (QED) is 0.846. The lowest BCUT2D eigenvalue weighted by Crippen LogP contribution is -2.44. The molecule has 0 bridgehead atoms. The van der Waals surface area contributed by atoms with Gasteiger partial charge in [0.25, 0.3) is 5.56 Å². The molecule has 1 amide bonds. The third-order valence-electron chi connectivity index (χ3n) is 5.61. The number of nitrogens with one attached hydrogen (secondary N) is 1. The topological polar surface area (TPSA) is 64.0 Å². The standard InChI is InChI=1S/C21H26ClN3O2/c1-14-4-3-5-18(15(14)2)23-20(26)12-13-25-21(27)11-10-19(24-25)16-6-8-17(22)9-7-16/h6-11,14-15,18H,3-5,12-13H2,1-2H3,(H,23,26)/t14-,15-,18-/m1/s1. The van der Waals surface area contributed by atoms with E-state index in [0.29, 0.717) is 22.6 Å². The van der Waals surface area contributed by atoms with Crippen LogP contribution in [-0.2, 0) is 11.3 Å². The molecule has 1 N–H and O–H groups in total. The van der Waals surface area contributed by atoms with Gasteiger partial charge in [-0.05, 0) is 36.5 Å². The number of aryl methyl sites for hydroxylation is 1. The summed E-state index contributed by atoms with van der Waals surface area (Å²) in [5.74, 6) is 1.09. The number of rotatable bonds is 5. The van der Waals surface area contributed by atoms with Crippen LogP contribution in [0.25, 0.3) is 11.3 Å². The first-order valence-corrected chi connectivity index (χ1v) is 9.95. The summed E-state index contributed by atoms with van der Waals surface area (Å²) in [5.41, 5.74) is 1.35. The van der Waals surface area contributed by atoms with Crippen LogP contribution in [-0.4, -0.2) is 21.7 Å². The fourth-order valence-electron chi connectivity index (χ4n) is 3.66. The van der Waals surface area contributed by atoms with Crippen LogP contribution in [0.1, 0.15) is 39.5 Å². The first-order valence-electron chi connectivity index (χ1n) is 9.57. The van der Waals surface area contributed by atoms with Crippen LogP contribution < -0.4 is 10.9 Å². The SMILES string of the molecule is C[C@@H]1[C@H](C)CCC[C@H]1NC(=O)CCn1nc(-c2ccc(Cl)cc2)ccc1=O. The number of halogens is 1. The number of carbonyl (C=O) groups excluding carboxylic acids is 1. The van der Waals surface area contributed by atoms with Crippen molar-refractivity contribution in [2.24, 2.45) is 11.8 Å². The molecule has 3 atom stereocenters. The zero-order valence-electron chi connectivity index (χ0n) is 15.8. The van der Waals surface area contributed by atoms with Crippen LogP contribution in [0.5, 0.6) is 0 Å². The van der Waals surface area contributed by atoms with Crippen molar-refractivity contribution in [3.63, 3.8) is 0 Å². The lowest BCUT2D eigenvalue weighted by atomic mass is 9.78. The Morgan fingerprint density at radius 2 is 1.93 bits per heavy atom. The highest BCUT2D eigenvalue weighted by Gasteiger charge is 2.27. The molecule has 1 heterocycles. The van der Waals surface area contributed by atoms with Gasteiger partial charge >= 0.3 is 0 Å². The number of benzene rings is 1. The lowest BCUT2D eigenvalue weighted by Gasteiger charge is -2.34. The van der Waals surface area contributed by atoms with Crippen LogP contribution in [0.2, 0.25) is 5.02 Å². The van der Waals surface area contributed by atoms with E-state index in [-0.39, 0.29) is 30.5 Å². The second-order valence-corrected chi connectivity index (χ2v) is 7.91. The highest BCUT2D eigenvalue weighted by molar-refractivity contribution is 6.30. The van der Waals surface area contributed by atoms with Gasteiger partial charge in [-0.1, -0.05) is 50.4 Å². The van der Waals surface area contributed by atoms with Crippen LogP contribution >= 0.6 is 11.6 Å². The molecular weight excluding hydrogens is 362 g/mol. The number of amides is 1. The van der Waals surface area contributed by atoms with E-state index < -0.39 is 0 Å². The van der Waals surface area contributed by atoms with E-state index in [4.69, 9.17) is 11.6 Å². The molecule has 1 fully saturated rings. The maximum absolute atomic E-state index is 12.4. The molecule has 1 aromatic heterocycles. The lowest BCUT2D eigenvalue weighted by molar-refractivity contribution is -0.122. The Kier molecular flexibility index (Phi) is 6.32. The summed E-state index contributed by atoms with van der Waals surface area (Å²) >= 11 is 5.92. The minimum Gasteiger partial charge on any atom is -0.353 e. The molecule has 1 aromatic carbocycles. The van der Waals surface area contributed by atoms with Gasteiger partial charge in [0.05, 0.1) is 12.2 Å². The maximum atomic E-state index is 12.4. The largest absolute Gasteiger partial charge is 0.353 e. The predicted molar refractivity (Wildman–Crippen MR) is 108 cm³/mol. The number of hydrogen-bond acceptors (Lipinski definition) is 3. The Morgan fingerprint density at radius 1 is 1.19 bits per heavy atom. The molecule has 0 radical (unpaired) electrons. The molecule has 0 spiro atoms. The van der Waals surface area contributed by atoms with Crippen molar-refractivity contribution in [1.82, 2.24) is 15.1 Å². The molecule has 1 saturated carbocycles. The van der Waals surface area contributed by atoms with E-state index in [1.807, 2.05) is 12.1 Å². The predicted octanol–water partition coefficient (Wildman–Crippen LogP) is 3.89. The first-order chi connectivity index (χ1) is 12.9. The average molecular weight is 388 g/mol. The van der Waals surface area contributed by atoms with E-state index in [2.05, 4.69) is 24.3 Å². The highest BCUT2D eigenvalue weighted by Crippen LogP contribution is 2.29. The average Bonchev–Trinajstić information content (AvgIpc) is 2.65. The van der Waals surface area contributed by atoms with E-state index in [9.17, 15) is 9.59 Å². The number of carbonyl (C=O) groups is 1. The second-order valence-electron chi connectivity index (χ2n) is 7.48. The van der Waals surface area contributed by atoms with Crippen molar-refractivity contribution in [3.8, 4) is 11.3 Å². The van der Waals surface area contributed by atoms with E-state index in [0.717, 1.165) is 18.4 Å². The molecule has 3 rings (SSSR count). The fraction of sp³-hybridized carbons (Fsp3) is 0.476. The van der Waals surface area contributed by atoms with Gasteiger partial charge in [0.1, 0.15) is 0 Å². The van der Waals surface area contributed by atoms with Gasteiger partial charge in [-0.15, -0.1) is 0 Å². The first kappa shape index (κ1) is 19.6. The summed E-state index contributed by atoms with van der Waals surface area (Å²) in [6, 6.07) is 10.7. The monoisotopic (exact) mass is 387 g/mol. The van der Waals surface area contributed by atoms with Gasteiger partial charge in [0.2, 0.25) is 5.91 Å². The summed E-state index contributed by atoms with van der Waals surface area (Å²) in [7, 11) is 0.